The van der Waals surface area contributed by atoms with Crippen LogP contribution in [0.25, 0.3) is 0 Å². The molecule has 3 heteroatoms. The summed E-state index contributed by atoms with van der Waals surface area (Å²) in [6, 6.07) is 16.1. The van der Waals surface area contributed by atoms with Crippen molar-refractivity contribution in [3.63, 3.8) is 0 Å². The van der Waals surface area contributed by atoms with Crippen LogP contribution in [0.1, 0.15) is 37.4 Å². The van der Waals surface area contributed by atoms with Crippen LogP contribution in [0.2, 0.25) is 0 Å². The number of rotatable bonds is 7. The van der Waals surface area contributed by atoms with Crippen molar-refractivity contribution in [2.45, 2.75) is 32.9 Å². The second-order valence-electron chi connectivity index (χ2n) is 5.60. The quantitative estimate of drug-likeness (QED) is 0.828. The summed E-state index contributed by atoms with van der Waals surface area (Å²) in [5.74, 6) is 1.90. The molecule has 0 saturated heterocycles. The third-order valence-electron chi connectivity index (χ3n) is 4.07. The summed E-state index contributed by atoms with van der Waals surface area (Å²) >= 11 is 0. The van der Waals surface area contributed by atoms with Crippen LogP contribution in [0.4, 0.5) is 0 Å². The third-order valence-corrected chi connectivity index (χ3v) is 4.07. The molecule has 2 aromatic carbocycles. The van der Waals surface area contributed by atoms with Crippen LogP contribution >= 0.6 is 0 Å². The van der Waals surface area contributed by atoms with Crippen molar-refractivity contribution in [1.82, 2.24) is 0 Å². The predicted octanol–water partition coefficient (Wildman–Crippen LogP) is 4.32. The molecule has 2 atom stereocenters. The third kappa shape index (κ3) is 4.01. The first-order valence-corrected chi connectivity index (χ1v) is 7.76. The Kier molecular flexibility index (Phi) is 5.84. The van der Waals surface area contributed by atoms with Crippen LogP contribution < -0.4 is 15.2 Å². The fraction of sp³-hybridized carbons (Fsp3) is 0.368. The van der Waals surface area contributed by atoms with E-state index in [0.717, 1.165) is 29.0 Å². The minimum absolute atomic E-state index is 0.0158. The van der Waals surface area contributed by atoms with Gasteiger partial charge >= 0.3 is 0 Å². The summed E-state index contributed by atoms with van der Waals surface area (Å²) in [5.41, 5.74) is 8.50. The standard InChI is InChI=1S/C19H25NO2/c1-4-14(2)19(20)16-10-11-17(18(12-16)21-3)22-13-15-8-6-5-7-9-15/h5-12,14,19H,4,13,20H2,1-3H3/t14?,19-/m0/s1. The lowest BCUT2D eigenvalue weighted by atomic mass is 9.93. The summed E-state index contributed by atoms with van der Waals surface area (Å²) in [6.45, 7) is 4.84. The van der Waals surface area contributed by atoms with Gasteiger partial charge in [0.25, 0.3) is 0 Å². The molecule has 2 rings (SSSR count). The Morgan fingerprint density at radius 3 is 2.41 bits per heavy atom. The summed E-state index contributed by atoms with van der Waals surface area (Å²) < 4.78 is 11.3. The second kappa shape index (κ2) is 7.85. The van der Waals surface area contributed by atoms with Crippen molar-refractivity contribution in [1.29, 1.82) is 0 Å². The lowest BCUT2D eigenvalue weighted by Crippen LogP contribution is -2.18. The zero-order valence-corrected chi connectivity index (χ0v) is 13.6. The maximum absolute atomic E-state index is 6.29. The molecule has 0 heterocycles. The van der Waals surface area contributed by atoms with Gasteiger partial charge in [0.1, 0.15) is 6.61 Å². The first-order valence-electron chi connectivity index (χ1n) is 7.76. The average molecular weight is 299 g/mol. The smallest absolute Gasteiger partial charge is 0.161 e. The van der Waals surface area contributed by atoms with E-state index < -0.39 is 0 Å². The Labute approximate surface area is 133 Å². The largest absolute Gasteiger partial charge is 0.493 e. The van der Waals surface area contributed by atoms with E-state index in [2.05, 4.69) is 13.8 Å². The monoisotopic (exact) mass is 299 g/mol. The first-order chi connectivity index (χ1) is 10.7. The van der Waals surface area contributed by atoms with E-state index in [1.165, 1.54) is 0 Å². The number of hydrogen-bond acceptors (Lipinski definition) is 3. The van der Waals surface area contributed by atoms with Crippen LogP contribution in [0, 0.1) is 5.92 Å². The molecule has 0 amide bonds. The first kappa shape index (κ1) is 16.4. The lowest BCUT2D eigenvalue weighted by Gasteiger charge is -2.20. The molecule has 0 aliphatic rings. The normalized spacial score (nSPS) is 13.5. The van der Waals surface area contributed by atoms with Gasteiger partial charge in [-0.15, -0.1) is 0 Å². The maximum Gasteiger partial charge on any atom is 0.161 e. The molecule has 0 aliphatic heterocycles. The Balaban J connectivity index is 2.12. The molecule has 0 radical (unpaired) electrons. The van der Waals surface area contributed by atoms with Crippen LogP contribution in [-0.4, -0.2) is 7.11 Å². The fourth-order valence-electron chi connectivity index (χ4n) is 2.33. The topological polar surface area (TPSA) is 44.5 Å². The maximum atomic E-state index is 6.29. The second-order valence-corrected chi connectivity index (χ2v) is 5.60. The van der Waals surface area contributed by atoms with Gasteiger partial charge in [0, 0.05) is 6.04 Å². The molecule has 3 nitrogen and oxygen atoms in total. The van der Waals surface area contributed by atoms with Crippen molar-refractivity contribution in [3.8, 4) is 11.5 Å². The van der Waals surface area contributed by atoms with Gasteiger partial charge < -0.3 is 15.2 Å². The Morgan fingerprint density at radius 1 is 1.05 bits per heavy atom. The molecule has 0 spiro atoms. The van der Waals surface area contributed by atoms with Crippen LogP contribution in [0.3, 0.4) is 0 Å². The minimum atomic E-state index is 0.0158. The van der Waals surface area contributed by atoms with Gasteiger partial charge in [-0.05, 0) is 29.2 Å². The van der Waals surface area contributed by atoms with E-state index >= 15 is 0 Å². The van der Waals surface area contributed by atoms with Crippen molar-refractivity contribution in [3.05, 3.63) is 59.7 Å². The van der Waals surface area contributed by atoms with E-state index in [1.807, 2.05) is 48.5 Å². The van der Waals surface area contributed by atoms with E-state index in [1.54, 1.807) is 7.11 Å². The highest BCUT2D eigenvalue weighted by molar-refractivity contribution is 5.44. The van der Waals surface area contributed by atoms with Gasteiger partial charge in [0.05, 0.1) is 7.11 Å². The van der Waals surface area contributed by atoms with Crippen molar-refractivity contribution < 1.29 is 9.47 Å². The number of hydrogen-bond donors (Lipinski definition) is 1. The molecule has 118 valence electrons. The van der Waals surface area contributed by atoms with Gasteiger partial charge in [-0.25, -0.2) is 0 Å². The van der Waals surface area contributed by atoms with E-state index in [9.17, 15) is 0 Å². The molecule has 0 bridgehead atoms. The van der Waals surface area contributed by atoms with Crippen LogP contribution in [0.5, 0.6) is 11.5 Å². The van der Waals surface area contributed by atoms with Crippen LogP contribution in [-0.2, 0) is 6.61 Å². The highest BCUT2D eigenvalue weighted by atomic mass is 16.5. The van der Waals surface area contributed by atoms with Gasteiger partial charge in [0.15, 0.2) is 11.5 Å². The molecule has 22 heavy (non-hydrogen) atoms. The molecule has 0 aliphatic carbocycles. The Morgan fingerprint density at radius 2 is 1.77 bits per heavy atom. The summed E-state index contributed by atoms with van der Waals surface area (Å²) in [5, 5.41) is 0. The van der Waals surface area contributed by atoms with E-state index in [4.69, 9.17) is 15.2 Å². The molecule has 2 N–H and O–H groups in total. The molecular weight excluding hydrogens is 274 g/mol. The predicted molar refractivity (Wildman–Crippen MR) is 90.2 cm³/mol. The highest BCUT2D eigenvalue weighted by Gasteiger charge is 2.15. The van der Waals surface area contributed by atoms with Crippen molar-refractivity contribution in [2.75, 3.05) is 7.11 Å². The SMILES string of the molecule is CCC(C)[C@H](N)c1ccc(OCc2ccccc2)c(OC)c1. The van der Waals surface area contributed by atoms with Gasteiger partial charge in [0.2, 0.25) is 0 Å². The van der Waals surface area contributed by atoms with Crippen molar-refractivity contribution >= 4 is 0 Å². The summed E-state index contributed by atoms with van der Waals surface area (Å²) in [4.78, 5) is 0. The van der Waals surface area contributed by atoms with E-state index in [-0.39, 0.29) is 6.04 Å². The molecule has 0 fully saturated rings. The minimum Gasteiger partial charge on any atom is -0.493 e. The Hall–Kier alpha value is -2.00. The zero-order chi connectivity index (χ0) is 15.9. The number of ether oxygens (including phenoxy) is 2. The summed E-state index contributed by atoms with van der Waals surface area (Å²) in [6.07, 6.45) is 1.05. The number of methoxy groups -OCH3 is 1. The van der Waals surface area contributed by atoms with E-state index in [0.29, 0.717) is 12.5 Å². The van der Waals surface area contributed by atoms with Crippen molar-refractivity contribution in [2.24, 2.45) is 11.7 Å². The Bertz CT molecular complexity index is 583. The average Bonchev–Trinajstić information content (AvgIpc) is 2.59. The summed E-state index contributed by atoms with van der Waals surface area (Å²) in [7, 11) is 1.66. The fourth-order valence-corrected chi connectivity index (χ4v) is 2.33. The molecule has 0 aromatic heterocycles. The van der Waals surface area contributed by atoms with Crippen LogP contribution in [0.15, 0.2) is 48.5 Å². The highest BCUT2D eigenvalue weighted by Crippen LogP contribution is 2.32. The van der Waals surface area contributed by atoms with Gasteiger partial charge in [-0.2, -0.15) is 0 Å². The molecule has 0 saturated carbocycles. The van der Waals surface area contributed by atoms with Gasteiger partial charge in [-0.3, -0.25) is 0 Å². The lowest BCUT2D eigenvalue weighted by molar-refractivity contribution is 0.284. The molecule has 2 aromatic rings. The molecule has 1 unspecified atom stereocenters. The number of benzene rings is 2. The number of nitrogens with two attached hydrogens (primary N) is 1. The van der Waals surface area contributed by atoms with Gasteiger partial charge in [-0.1, -0.05) is 56.7 Å². The zero-order valence-electron chi connectivity index (χ0n) is 13.6. The molecular formula is C19H25NO2.